The van der Waals surface area contributed by atoms with Crippen LogP contribution in [-0.2, 0) is 19.1 Å². The summed E-state index contributed by atoms with van der Waals surface area (Å²) in [6.45, 7) is 15.7. The molecule has 0 bridgehead atoms. The average molecular weight is 397 g/mol. The third kappa shape index (κ3) is 6.77. The van der Waals surface area contributed by atoms with E-state index in [2.05, 4.69) is 48.5 Å². The van der Waals surface area contributed by atoms with Gasteiger partial charge in [0.15, 0.2) is 0 Å². The van der Waals surface area contributed by atoms with Gasteiger partial charge in [-0.2, -0.15) is 0 Å². The molecular formula is C24H44O4. The van der Waals surface area contributed by atoms with Gasteiger partial charge in [-0.15, -0.1) is 0 Å². The van der Waals surface area contributed by atoms with Gasteiger partial charge in [0.2, 0.25) is 6.10 Å². The molecule has 0 saturated carbocycles. The van der Waals surface area contributed by atoms with Gasteiger partial charge >= 0.3 is 11.9 Å². The fourth-order valence-electron chi connectivity index (χ4n) is 4.42. The van der Waals surface area contributed by atoms with E-state index in [9.17, 15) is 9.59 Å². The maximum Gasteiger partial charge on any atom is 0.347 e. The molecule has 2 unspecified atom stereocenters. The number of unbranched alkanes of at least 4 members (excludes halogenated alkanes) is 4. The summed E-state index contributed by atoms with van der Waals surface area (Å²) in [5.74, 6) is -0.636. The van der Waals surface area contributed by atoms with Gasteiger partial charge in [-0.05, 0) is 37.0 Å². The van der Waals surface area contributed by atoms with Crippen molar-refractivity contribution >= 4 is 11.9 Å². The van der Waals surface area contributed by atoms with Gasteiger partial charge in [0.05, 0.1) is 12.0 Å². The predicted octanol–water partition coefficient (Wildman–Crippen LogP) is 6.45. The molecule has 2 atom stereocenters. The van der Waals surface area contributed by atoms with Crippen molar-refractivity contribution in [1.82, 2.24) is 0 Å². The SMILES string of the molecule is CCCCCC(C)(C)CC(C)(C(=O)OC1CCOC1=O)C(C)(C)CCCCC. The van der Waals surface area contributed by atoms with Crippen molar-refractivity contribution in [3.05, 3.63) is 0 Å². The molecule has 0 aliphatic carbocycles. The highest BCUT2D eigenvalue weighted by molar-refractivity contribution is 5.83. The topological polar surface area (TPSA) is 52.6 Å². The number of carbonyl (C=O) groups is 2. The zero-order chi connectivity index (χ0) is 21.4. The van der Waals surface area contributed by atoms with E-state index in [-0.39, 0.29) is 16.8 Å². The highest BCUT2D eigenvalue weighted by atomic mass is 16.6. The Kier molecular flexibility index (Phi) is 9.49. The van der Waals surface area contributed by atoms with E-state index < -0.39 is 17.5 Å². The third-order valence-electron chi connectivity index (χ3n) is 6.78. The Bertz CT molecular complexity index is 509. The highest BCUT2D eigenvalue weighted by Crippen LogP contribution is 2.51. The maximum absolute atomic E-state index is 13.4. The molecule has 0 amide bonds. The maximum atomic E-state index is 13.4. The molecular weight excluding hydrogens is 352 g/mol. The molecule has 164 valence electrons. The summed E-state index contributed by atoms with van der Waals surface area (Å²) < 4.78 is 10.7. The minimum atomic E-state index is -0.735. The van der Waals surface area contributed by atoms with Crippen molar-refractivity contribution in [3.63, 3.8) is 0 Å². The van der Waals surface area contributed by atoms with Gasteiger partial charge in [-0.25, -0.2) is 4.79 Å². The first-order valence-corrected chi connectivity index (χ1v) is 11.4. The van der Waals surface area contributed by atoms with Crippen LogP contribution < -0.4 is 0 Å². The molecule has 4 heteroatoms. The minimum Gasteiger partial charge on any atom is -0.463 e. The van der Waals surface area contributed by atoms with Gasteiger partial charge in [0.25, 0.3) is 0 Å². The van der Waals surface area contributed by atoms with Crippen molar-refractivity contribution in [1.29, 1.82) is 0 Å². The van der Waals surface area contributed by atoms with E-state index in [0.29, 0.717) is 13.0 Å². The fourth-order valence-corrected chi connectivity index (χ4v) is 4.42. The first-order chi connectivity index (χ1) is 13.0. The Morgan fingerprint density at radius 3 is 2.07 bits per heavy atom. The lowest BCUT2D eigenvalue weighted by atomic mass is 9.58. The molecule has 0 radical (unpaired) electrons. The smallest absolute Gasteiger partial charge is 0.347 e. The van der Waals surface area contributed by atoms with Crippen LogP contribution in [0.5, 0.6) is 0 Å². The van der Waals surface area contributed by atoms with Gasteiger partial charge in [-0.1, -0.05) is 80.1 Å². The second-order valence-electron chi connectivity index (χ2n) is 10.3. The number of cyclic esters (lactones) is 1. The van der Waals surface area contributed by atoms with Gasteiger partial charge in [0.1, 0.15) is 0 Å². The molecule has 0 aromatic carbocycles. The standard InChI is InChI=1S/C24H44O4/c1-8-10-12-15-22(3,4)18-24(7,23(5,6)16-13-11-9-2)21(26)28-19-14-17-27-20(19)25/h19H,8-18H2,1-7H3. The predicted molar refractivity (Wildman–Crippen MR) is 114 cm³/mol. The Morgan fingerprint density at radius 2 is 1.57 bits per heavy atom. The summed E-state index contributed by atoms with van der Waals surface area (Å²) in [5.41, 5.74) is -0.801. The summed E-state index contributed by atoms with van der Waals surface area (Å²) in [4.78, 5) is 25.3. The summed E-state index contributed by atoms with van der Waals surface area (Å²) in [5, 5.41) is 0. The summed E-state index contributed by atoms with van der Waals surface area (Å²) >= 11 is 0. The average Bonchev–Trinajstić information content (AvgIpc) is 2.99. The van der Waals surface area contributed by atoms with E-state index in [1.807, 2.05) is 0 Å². The Hall–Kier alpha value is -1.06. The lowest BCUT2D eigenvalue weighted by Crippen LogP contribution is -2.47. The van der Waals surface area contributed by atoms with Crippen molar-refractivity contribution in [3.8, 4) is 0 Å². The lowest BCUT2D eigenvalue weighted by molar-refractivity contribution is -0.176. The Balaban J connectivity index is 3.02. The second-order valence-corrected chi connectivity index (χ2v) is 10.3. The van der Waals surface area contributed by atoms with E-state index in [1.165, 1.54) is 25.7 Å². The second kappa shape index (κ2) is 10.6. The molecule has 28 heavy (non-hydrogen) atoms. The Morgan fingerprint density at radius 1 is 1.00 bits per heavy atom. The van der Waals surface area contributed by atoms with Crippen LogP contribution in [0.1, 0.15) is 113 Å². The third-order valence-corrected chi connectivity index (χ3v) is 6.78. The summed E-state index contributed by atoms with van der Waals surface area (Å²) in [7, 11) is 0. The van der Waals surface area contributed by atoms with Crippen LogP contribution in [0.15, 0.2) is 0 Å². The molecule has 0 aromatic heterocycles. The molecule has 1 heterocycles. The van der Waals surface area contributed by atoms with E-state index in [1.54, 1.807) is 0 Å². The molecule has 1 rings (SSSR count). The first-order valence-electron chi connectivity index (χ1n) is 11.4. The van der Waals surface area contributed by atoms with Crippen LogP contribution in [0.3, 0.4) is 0 Å². The number of rotatable bonds is 13. The van der Waals surface area contributed by atoms with E-state index >= 15 is 0 Å². The monoisotopic (exact) mass is 396 g/mol. The van der Waals surface area contributed by atoms with Crippen molar-refractivity contribution in [2.24, 2.45) is 16.2 Å². The summed E-state index contributed by atoms with van der Waals surface area (Å²) in [6.07, 6.45) is 9.61. The molecule has 1 fully saturated rings. The molecule has 1 aliphatic heterocycles. The number of ether oxygens (including phenoxy) is 2. The largest absolute Gasteiger partial charge is 0.463 e. The van der Waals surface area contributed by atoms with Gasteiger partial charge < -0.3 is 9.47 Å². The molecule has 1 saturated heterocycles. The number of esters is 2. The summed E-state index contributed by atoms with van der Waals surface area (Å²) in [6, 6.07) is 0. The zero-order valence-corrected chi connectivity index (χ0v) is 19.5. The molecule has 4 nitrogen and oxygen atoms in total. The van der Waals surface area contributed by atoms with Gasteiger partial charge in [-0.3, -0.25) is 4.79 Å². The first kappa shape index (κ1) is 25.0. The van der Waals surface area contributed by atoms with Crippen LogP contribution in [0, 0.1) is 16.2 Å². The Labute approximate surface area is 173 Å². The van der Waals surface area contributed by atoms with Crippen molar-refractivity contribution < 1.29 is 19.1 Å². The molecule has 0 N–H and O–H groups in total. The van der Waals surface area contributed by atoms with Crippen molar-refractivity contribution in [2.45, 2.75) is 119 Å². The van der Waals surface area contributed by atoms with E-state index in [4.69, 9.17) is 9.47 Å². The van der Waals surface area contributed by atoms with Crippen LogP contribution in [0.4, 0.5) is 0 Å². The van der Waals surface area contributed by atoms with Crippen molar-refractivity contribution in [2.75, 3.05) is 6.61 Å². The van der Waals surface area contributed by atoms with E-state index in [0.717, 1.165) is 32.1 Å². The van der Waals surface area contributed by atoms with Crippen LogP contribution in [0.25, 0.3) is 0 Å². The van der Waals surface area contributed by atoms with Gasteiger partial charge in [0, 0.05) is 6.42 Å². The highest BCUT2D eigenvalue weighted by Gasteiger charge is 2.51. The quantitative estimate of drug-likeness (QED) is 0.265. The van der Waals surface area contributed by atoms with Crippen LogP contribution in [-0.4, -0.2) is 24.6 Å². The van der Waals surface area contributed by atoms with Crippen LogP contribution in [0.2, 0.25) is 0 Å². The molecule has 1 aliphatic rings. The normalized spacial score (nSPS) is 20.0. The zero-order valence-electron chi connectivity index (χ0n) is 19.5. The fraction of sp³-hybridized carbons (Fsp3) is 0.917. The number of hydrogen-bond acceptors (Lipinski definition) is 4. The minimum absolute atomic E-state index is 0.0428. The number of carbonyl (C=O) groups excluding carboxylic acids is 2. The molecule has 0 spiro atoms. The van der Waals surface area contributed by atoms with Crippen LogP contribution >= 0.6 is 0 Å². The lowest BCUT2D eigenvalue weighted by Gasteiger charge is -2.46. The number of hydrogen-bond donors (Lipinski definition) is 0. The molecule has 0 aromatic rings.